The van der Waals surface area contributed by atoms with Crippen molar-refractivity contribution >= 4 is 38.9 Å². The Labute approximate surface area is 239 Å². The number of carbonyl (C=O) groups is 1. The minimum absolute atomic E-state index is 0.0907. The maximum absolute atomic E-state index is 14.0. The lowest BCUT2D eigenvalue weighted by Gasteiger charge is -2.28. The smallest absolute Gasteiger partial charge is 0.343 e. The van der Waals surface area contributed by atoms with E-state index in [9.17, 15) is 31.2 Å². The summed E-state index contributed by atoms with van der Waals surface area (Å²) in [5.41, 5.74) is -0.654. The van der Waals surface area contributed by atoms with Gasteiger partial charge >= 0.3 is 11.9 Å². The van der Waals surface area contributed by atoms with E-state index in [-0.39, 0.29) is 34.6 Å². The van der Waals surface area contributed by atoms with Crippen LogP contribution in [0.3, 0.4) is 0 Å². The van der Waals surface area contributed by atoms with E-state index in [4.69, 9.17) is 23.2 Å². The number of amides is 1. The van der Waals surface area contributed by atoms with Crippen LogP contribution in [0.1, 0.15) is 5.82 Å². The average molecular weight is 631 g/mol. The Hall–Kier alpha value is -3.76. The van der Waals surface area contributed by atoms with Crippen LogP contribution in [0.25, 0.3) is 17.2 Å². The second kappa shape index (κ2) is 10.9. The maximum atomic E-state index is 14.0. The molecule has 0 aliphatic carbocycles. The minimum atomic E-state index is -4.97. The molecule has 3 aromatic heterocycles. The third-order valence-corrected chi connectivity index (χ3v) is 8.54. The number of sulfone groups is 1. The molecule has 1 aliphatic heterocycles. The summed E-state index contributed by atoms with van der Waals surface area (Å²) in [6.07, 6.45) is -2.17. The summed E-state index contributed by atoms with van der Waals surface area (Å²) in [4.78, 5) is 34.0. The molecule has 1 saturated heterocycles. The average Bonchev–Trinajstić information content (AvgIpc) is 3.47. The summed E-state index contributed by atoms with van der Waals surface area (Å²) in [7, 11) is -3.45. The molecule has 0 unspecified atom stereocenters. The predicted octanol–water partition coefficient (Wildman–Crippen LogP) is 2.13. The number of pyridine rings is 1. The number of rotatable bonds is 8. The molecule has 1 N–H and O–H groups in total. The van der Waals surface area contributed by atoms with E-state index in [2.05, 4.69) is 20.2 Å². The summed E-state index contributed by atoms with van der Waals surface area (Å²) < 4.78 is 67.9. The topological polar surface area (TPSA) is 147 Å². The molecular weight excluding hydrogens is 612 g/mol. The summed E-state index contributed by atoms with van der Waals surface area (Å²) in [6.45, 7) is -1.34. The molecule has 1 atom stereocenters. The largest absolute Gasteiger partial charge is 0.410 e. The van der Waals surface area contributed by atoms with Crippen LogP contribution in [0.15, 0.2) is 53.7 Å². The van der Waals surface area contributed by atoms with Gasteiger partial charge in [0.25, 0.3) is 0 Å². The molecule has 4 aromatic rings. The van der Waals surface area contributed by atoms with Crippen molar-refractivity contribution < 1.29 is 26.4 Å². The first-order valence-electron chi connectivity index (χ1n) is 11.8. The van der Waals surface area contributed by atoms with Crippen LogP contribution in [0.2, 0.25) is 10.0 Å². The Morgan fingerprint density at radius 1 is 1.10 bits per heavy atom. The van der Waals surface area contributed by atoms with Crippen LogP contribution < -0.4 is 11.0 Å². The van der Waals surface area contributed by atoms with Crippen LogP contribution in [0.5, 0.6) is 0 Å². The number of hydrogen-bond acceptors (Lipinski definition) is 8. The fourth-order valence-electron chi connectivity index (χ4n) is 4.09. The quantitative estimate of drug-likeness (QED) is 0.311. The summed E-state index contributed by atoms with van der Waals surface area (Å²) in [5, 5.41) is 11.0. The minimum Gasteiger partial charge on any atom is -0.343 e. The molecule has 1 amide bonds. The van der Waals surface area contributed by atoms with Crippen molar-refractivity contribution in [1.82, 2.24) is 39.4 Å². The maximum Gasteiger partial charge on any atom is 0.410 e. The highest BCUT2D eigenvalue weighted by atomic mass is 35.5. The lowest BCUT2D eigenvalue weighted by molar-refractivity contribution is -0.165. The summed E-state index contributed by atoms with van der Waals surface area (Å²) >= 11 is 12.1. The van der Waals surface area contributed by atoms with Crippen molar-refractivity contribution in [3.05, 3.63) is 75.3 Å². The van der Waals surface area contributed by atoms with Crippen LogP contribution >= 0.6 is 23.2 Å². The van der Waals surface area contributed by atoms with Gasteiger partial charge in [0.05, 0.1) is 29.0 Å². The number of aromatic nitrogens is 7. The molecule has 12 nitrogen and oxygen atoms in total. The van der Waals surface area contributed by atoms with Gasteiger partial charge in [-0.05, 0) is 36.4 Å². The number of hydrogen-bond donors (Lipinski definition) is 1. The monoisotopic (exact) mass is 630 g/mol. The van der Waals surface area contributed by atoms with Gasteiger partial charge in [-0.2, -0.15) is 13.2 Å². The van der Waals surface area contributed by atoms with Crippen LogP contribution in [-0.4, -0.2) is 72.1 Å². The van der Waals surface area contributed by atoms with Gasteiger partial charge in [-0.15, -0.1) is 10.2 Å². The molecule has 0 radical (unpaired) electrons. The van der Waals surface area contributed by atoms with Crippen LogP contribution in [0.4, 0.5) is 13.2 Å². The highest BCUT2D eigenvalue weighted by Crippen LogP contribution is 2.26. The van der Waals surface area contributed by atoms with Gasteiger partial charge in [0.15, 0.2) is 27.3 Å². The van der Waals surface area contributed by atoms with Crippen molar-refractivity contribution in [3.8, 4) is 17.2 Å². The Bertz CT molecular complexity index is 1760. The van der Waals surface area contributed by atoms with Gasteiger partial charge in [-0.1, -0.05) is 23.2 Å². The van der Waals surface area contributed by atoms with E-state index in [1.54, 1.807) is 12.1 Å². The van der Waals surface area contributed by atoms with Crippen molar-refractivity contribution in [2.24, 2.45) is 5.92 Å². The molecule has 0 spiro atoms. The zero-order valence-corrected chi connectivity index (χ0v) is 23.0. The number of benzene rings is 1. The van der Waals surface area contributed by atoms with E-state index < -0.39 is 57.6 Å². The molecule has 0 bridgehead atoms. The van der Waals surface area contributed by atoms with Gasteiger partial charge in [-0.25, -0.2) is 32.5 Å². The Morgan fingerprint density at radius 2 is 1.80 bits per heavy atom. The van der Waals surface area contributed by atoms with Crippen molar-refractivity contribution in [2.75, 3.05) is 11.5 Å². The van der Waals surface area contributed by atoms with Gasteiger partial charge in [0.2, 0.25) is 5.91 Å². The van der Waals surface area contributed by atoms with E-state index in [1.807, 2.05) is 5.32 Å². The van der Waals surface area contributed by atoms with E-state index >= 15 is 0 Å². The Morgan fingerprint density at radius 3 is 2.44 bits per heavy atom. The number of nitrogens with one attached hydrogen (secondary N) is 1. The molecule has 18 heteroatoms. The van der Waals surface area contributed by atoms with Gasteiger partial charge < -0.3 is 5.32 Å². The molecule has 41 heavy (non-hydrogen) atoms. The first kappa shape index (κ1) is 28.8. The zero-order valence-electron chi connectivity index (χ0n) is 20.7. The van der Waals surface area contributed by atoms with Crippen LogP contribution in [-0.2, 0) is 27.7 Å². The third-order valence-electron chi connectivity index (χ3n) is 6.17. The molecule has 1 aliphatic rings. The molecule has 1 fully saturated rings. The van der Waals surface area contributed by atoms with Gasteiger partial charge in [0, 0.05) is 16.8 Å². The number of nitrogens with zero attached hydrogens (tertiary/aromatic N) is 7. The van der Waals surface area contributed by atoms with E-state index in [1.165, 1.54) is 41.5 Å². The highest BCUT2D eigenvalue weighted by molar-refractivity contribution is 7.92. The SMILES string of the molecule is O=C(N[C@@H](Cn1c(-c2ccc(Cl)cc2)nn(Cc2ncn(-c3ncccc3Cl)n2)c1=O)C(F)(F)F)C1CS(=O)(=O)C1. The predicted molar refractivity (Wildman–Crippen MR) is 140 cm³/mol. The first-order valence-corrected chi connectivity index (χ1v) is 14.4. The first-order chi connectivity index (χ1) is 19.3. The third kappa shape index (κ3) is 6.28. The number of carbonyl (C=O) groups excluding carboxylic acids is 1. The lowest BCUT2D eigenvalue weighted by Crippen LogP contribution is -2.55. The Balaban J connectivity index is 1.47. The number of alkyl halides is 3. The molecular formula is C23H19Cl2F3N8O4S. The summed E-state index contributed by atoms with van der Waals surface area (Å²) in [5.74, 6) is -3.02. The van der Waals surface area contributed by atoms with E-state index in [0.717, 1.165) is 9.25 Å². The second-order valence-electron chi connectivity index (χ2n) is 9.17. The van der Waals surface area contributed by atoms with Crippen molar-refractivity contribution in [1.29, 1.82) is 0 Å². The molecule has 4 heterocycles. The molecule has 1 aromatic carbocycles. The normalized spacial score (nSPS) is 15.8. The fraction of sp³-hybridized carbons (Fsp3) is 0.304. The van der Waals surface area contributed by atoms with Crippen LogP contribution in [0, 0.1) is 5.92 Å². The lowest BCUT2D eigenvalue weighted by atomic mass is 10.1. The molecule has 216 valence electrons. The van der Waals surface area contributed by atoms with Crippen molar-refractivity contribution in [3.63, 3.8) is 0 Å². The molecule has 0 saturated carbocycles. The Kier molecular flexibility index (Phi) is 7.65. The fourth-order valence-corrected chi connectivity index (χ4v) is 5.86. The van der Waals surface area contributed by atoms with Gasteiger partial charge in [0.1, 0.15) is 18.9 Å². The standard InChI is InChI=1S/C23H19Cl2F3N8O4S/c24-15-5-3-13(4-6-15)19-33-35(9-18-30-12-36(32-18)20-16(25)2-1-7-29-20)22(38)34(19)8-17(23(26,27)28)31-21(37)14-10-41(39,40)11-14/h1-7,12,14,17H,8-11H2,(H,31,37)/t17-/m0/s1. The second-order valence-corrected chi connectivity index (χ2v) is 12.2. The highest BCUT2D eigenvalue weighted by Gasteiger charge is 2.45. The number of halogens is 5. The van der Waals surface area contributed by atoms with E-state index in [0.29, 0.717) is 5.02 Å². The molecule has 5 rings (SSSR count). The van der Waals surface area contributed by atoms with Crippen molar-refractivity contribution in [2.45, 2.75) is 25.3 Å². The summed E-state index contributed by atoms with van der Waals surface area (Å²) in [6, 6.07) is 6.61. The zero-order chi connectivity index (χ0) is 29.5. The van der Waals surface area contributed by atoms with Gasteiger partial charge in [-0.3, -0.25) is 9.36 Å².